The largest absolute Gasteiger partial charge is 0.369 e. The first-order valence-electron chi connectivity index (χ1n) is 12.3. The molecule has 0 radical (unpaired) electrons. The molecular formula is C29H36N4O. The molecule has 2 N–H and O–H groups in total. The number of carbonyl (C=O) groups excluding carboxylic acids is 1. The lowest BCUT2D eigenvalue weighted by atomic mass is 9.97. The van der Waals surface area contributed by atoms with E-state index in [1.54, 1.807) is 6.20 Å². The summed E-state index contributed by atoms with van der Waals surface area (Å²) in [5.74, 6) is -0.102. The van der Waals surface area contributed by atoms with Gasteiger partial charge in [-0.1, -0.05) is 53.4 Å². The standard InChI is InChI=1S/C29H36N4O/c1-6-31-25-7-9-33(10-8-25)28-26(23-13-19(2)11-20(3)14-23)17-30-18-27(28)32-29(34)24-15-21(4)12-22(5)16-24/h11-18,25,31H,6-10H2,1-5H3,(H,32,34). The van der Waals surface area contributed by atoms with Crippen LogP contribution in [0, 0.1) is 27.7 Å². The Morgan fingerprint density at radius 3 is 2.09 bits per heavy atom. The number of hydrogen-bond acceptors (Lipinski definition) is 4. The van der Waals surface area contributed by atoms with Gasteiger partial charge in [0.25, 0.3) is 5.91 Å². The van der Waals surface area contributed by atoms with Crippen LogP contribution in [0.2, 0.25) is 0 Å². The first kappa shape index (κ1) is 24.0. The van der Waals surface area contributed by atoms with Crippen LogP contribution < -0.4 is 15.5 Å². The van der Waals surface area contributed by atoms with Crippen molar-refractivity contribution in [2.24, 2.45) is 0 Å². The zero-order valence-electron chi connectivity index (χ0n) is 21.0. The van der Waals surface area contributed by atoms with Crippen LogP contribution in [-0.4, -0.2) is 36.6 Å². The van der Waals surface area contributed by atoms with E-state index in [1.807, 2.05) is 32.2 Å². The molecule has 1 aliphatic heterocycles. The SMILES string of the molecule is CCNC1CCN(c2c(NC(=O)c3cc(C)cc(C)c3)cncc2-c2cc(C)cc(C)c2)CC1. The highest BCUT2D eigenvalue weighted by atomic mass is 16.1. The van der Waals surface area contributed by atoms with Gasteiger partial charge in [-0.3, -0.25) is 9.78 Å². The van der Waals surface area contributed by atoms with Crippen molar-refractivity contribution < 1.29 is 4.79 Å². The van der Waals surface area contributed by atoms with E-state index in [1.165, 1.54) is 11.1 Å². The lowest BCUT2D eigenvalue weighted by molar-refractivity contribution is 0.102. The van der Waals surface area contributed by atoms with Gasteiger partial charge < -0.3 is 15.5 Å². The van der Waals surface area contributed by atoms with Gasteiger partial charge in [-0.15, -0.1) is 0 Å². The van der Waals surface area contributed by atoms with Gasteiger partial charge in [-0.2, -0.15) is 0 Å². The molecule has 2 aromatic carbocycles. The van der Waals surface area contributed by atoms with Crippen molar-refractivity contribution in [3.63, 3.8) is 0 Å². The summed E-state index contributed by atoms with van der Waals surface area (Å²) in [6, 6.07) is 13.1. The summed E-state index contributed by atoms with van der Waals surface area (Å²) in [6.45, 7) is 13.3. The highest BCUT2D eigenvalue weighted by Gasteiger charge is 2.25. The third kappa shape index (κ3) is 5.48. The number of anilines is 2. The predicted molar refractivity (Wildman–Crippen MR) is 142 cm³/mol. The molecule has 5 nitrogen and oxygen atoms in total. The second kappa shape index (κ2) is 10.4. The molecule has 5 heteroatoms. The van der Waals surface area contributed by atoms with E-state index in [0.29, 0.717) is 11.6 Å². The van der Waals surface area contributed by atoms with Crippen LogP contribution in [-0.2, 0) is 0 Å². The molecule has 1 amide bonds. The molecule has 0 spiro atoms. The van der Waals surface area contributed by atoms with Crippen molar-refractivity contribution in [1.29, 1.82) is 0 Å². The van der Waals surface area contributed by atoms with Gasteiger partial charge in [-0.25, -0.2) is 0 Å². The Hall–Kier alpha value is -3.18. The molecule has 3 aromatic rings. The number of aryl methyl sites for hydroxylation is 4. The molecule has 4 rings (SSSR count). The number of nitrogens with zero attached hydrogens (tertiary/aromatic N) is 2. The van der Waals surface area contributed by atoms with Crippen molar-refractivity contribution >= 4 is 17.3 Å². The second-order valence-electron chi connectivity index (χ2n) is 9.61. The number of pyridine rings is 1. The van der Waals surface area contributed by atoms with Gasteiger partial charge in [-0.05, 0) is 64.8 Å². The summed E-state index contributed by atoms with van der Waals surface area (Å²) in [4.78, 5) is 20.2. The fourth-order valence-electron chi connectivity index (χ4n) is 5.12. The number of rotatable bonds is 6. The maximum atomic E-state index is 13.3. The summed E-state index contributed by atoms with van der Waals surface area (Å²) in [7, 11) is 0. The van der Waals surface area contributed by atoms with Crippen LogP contribution in [0.25, 0.3) is 11.1 Å². The second-order valence-corrected chi connectivity index (χ2v) is 9.61. The fourth-order valence-corrected chi connectivity index (χ4v) is 5.12. The Bertz CT molecular complexity index is 1140. The average molecular weight is 457 g/mol. The first-order chi connectivity index (χ1) is 16.3. The summed E-state index contributed by atoms with van der Waals surface area (Å²) in [5.41, 5.74) is 9.30. The Morgan fingerprint density at radius 1 is 0.912 bits per heavy atom. The highest BCUT2D eigenvalue weighted by molar-refractivity contribution is 6.07. The lowest BCUT2D eigenvalue weighted by Crippen LogP contribution is -2.43. The lowest BCUT2D eigenvalue weighted by Gasteiger charge is -2.36. The van der Waals surface area contributed by atoms with Crippen LogP contribution in [0.1, 0.15) is 52.4 Å². The molecule has 1 aromatic heterocycles. The van der Waals surface area contributed by atoms with Gasteiger partial charge >= 0.3 is 0 Å². The normalized spacial score (nSPS) is 14.3. The van der Waals surface area contributed by atoms with Crippen LogP contribution >= 0.6 is 0 Å². The van der Waals surface area contributed by atoms with E-state index in [0.717, 1.165) is 66.1 Å². The smallest absolute Gasteiger partial charge is 0.255 e. The van der Waals surface area contributed by atoms with Gasteiger partial charge in [0.05, 0.1) is 17.6 Å². The number of carbonyl (C=O) groups is 1. The first-order valence-corrected chi connectivity index (χ1v) is 12.3. The van der Waals surface area contributed by atoms with E-state index < -0.39 is 0 Å². The van der Waals surface area contributed by atoms with Gasteiger partial charge in [0.15, 0.2) is 0 Å². The topological polar surface area (TPSA) is 57.3 Å². The molecule has 0 unspecified atom stereocenters. The third-order valence-corrected chi connectivity index (χ3v) is 6.49. The predicted octanol–water partition coefficient (Wildman–Crippen LogP) is 5.81. The van der Waals surface area contributed by atoms with Crippen molar-refractivity contribution in [3.8, 4) is 11.1 Å². The van der Waals surface area contributed by atoms with E-state index in [4.69, 9.17) is 0 Å². The van der Waals surface area contributed by atoms with Crippen LogP contribution in [0.3, 0.4) is 0 Å². The zero-order chi connectivity index (χ0) is 24.2. The van der Waals surface area contributed by atoms with E-state index in [9.17, 15) is 4.79 Å². The molecular weight excluding hydrogens is 420 g/mol. The van der Waals surface area contributed by atoms with Crippen molar-refractivity contribution in [3.05, 3.63) is 76.6 Å². The van der Waals surface area contributed by atoms with E-state index >= 15 is 0 Å². The Kier molecular flexibility index (Phi) is 7.32. The molecule has 1 saturated heterocycles. The molecule has 34 heavy (non-hydrogen) atoms. The molecule has 1 fully saturated rings. The average Bonchev–Trinajstić information content (AvgIpc) is 2.78. The summed E-state index contributed by atoms with van der Waals surface area (Å²) >= 11 is 0. The number of amides is 1. The molecule has 0 aliphatic carbocycles. The minimum Gasteiger partial charge on any atom is -0.369 e. The van der Waals surface area contributed by atoms with Crippen molar-refractivity contribution in [1.82, 2.24) is 10.3 Å². The van der Waals surface area contributed by atoms with E-state index in [-0.39, 0.29) is 5.91 Å². The third-order valence-electron chi connectivity index (χ3n) is 6.49. The number of hydrogen-bond donors (Lipinski definition) is 2. The molecule has 0 saturated carbocycles. The molecule has 1 aliphatic rings. The minimum absolute atomic E-state index is 0.102. The molecule has 2 heterocycles. The Labute approximate surface area is 203 Å². The zero-order valence-corrected chi connectivity index (χ0v) is 21.0. The summed E-state index contributed by atoms with van der Waals surface area (Å²) in [6.07, 6.45) is 5.88. The van der Waals surface area contributed by atoms with Crippen molar-refractivity contribution in [2.45, 2.75) is 53.5 Å². The number of nitrogens with one attached hydrogen (secondary N) is 2. The Balaban J connectivity index is 1.74. The Morgan fingerprint density at radius 2 is 1.50 bits per heavy atom. The molecule has 178 valence electrons. The van der Waals surface area contributed by atoms with Crippen LogP contribution in [0.15, 0.2) is 48.8 Å². The van der Waals surface area contributed by atoms with Gasteiger partial charge in [0.1, 0.15) is 0 Å². The van der Waals surface area contributed by atoms with Gasteiger partial charge in [0.2, 0.25) is 0 Å². The van der Waals surface area contributed by atoms with E-state index in [2.05, 4.69) is 65.6 Å². The maximum Gasteiger partial charge on any atom is 0.255 e. The number of benzene rings is 2. The molecule has 0 atom stereocenters. The molecule has 0 bridgehead atoms. The number of aromatic nitrogens is 1. The highest BCUT2D eigenvalue weighted by Crippen LogP contribution is 2.39. The maximum absolute atomic E-state index is 13.3. The van der Waals surface area contributed by atoms with Gasteiger partial charge in [0, 0.05) is 36.5 Å². The van der Waals surface area contributed by atoms with Crippen LogP contribution in [0.4, 0.5) is 11.4 Å². The summed E-state index contributed by atoms with van der Waals surface area (Å²) < 4.78 is 0. The minimum atomic E-state index is -0.102. The monoisotopic (exact) mass is 456 g/mol. The fraction of sp³-hybridized carbons (Fsp3) is 0.379. The van der Waals surface area contributed by atoms with Crippen molar-refractivity contribution in [2.75, 3.05) is 29.9 Å². The quantitative estimate of drug-likeness (QED) is 0.491. The summed E-state index contributed by atoms with van der Waals surface area (Å²) in [5, 5.41) is 6.78. The number of piperidine rings is 1. The van der Waals surface area contributed by atoms with Crippen LogP contribution in [0.5, 0.6) is 0 Å².